The maximum Gasteiger partial charge on any atom is 0.226 e. The molecule has 3 N–H and O–H groups in total. The monoisotopic (exact) mass is 535 g/mol. The first-order valence-electron chi connectivity index (χ1n) is 7.90. The molecule has 0 fully saturated rings. The molecule has 1 aromatic heterocycles. The molecular weight excluding hydrogens is 513 g/mol. The van der Waals surface area contributed by atoms with Crippen LogP contribution in [0.2, 0.25) is 0 Å². The smallest absolute Gasteiger partial charge is 0.226 e. The molecular formula is C17H23BrIN5O2. The number of carbonyl (C=O) groups is 1. The minimum absolute atomic E-state index is 0. The van der Waals surface area contributed by atoms with Crippen LogP contribution in [-0.4, -0.2) is 30.4 Å². The van der Waals surface area contributed by atoms with Gasteiger partial charge in [0.05, 0.1) is 12.2 Å². The molecule has 9 heteroatoms. The number of halogens is 2. The third-order valence-corrected chi connectivity index (χ3v) is 4.00. The van der Waals surface area contributed by atoms with Crippen LogP contribution in [0.5, 0.6) is 0 Å². The zero-order valence-electron chi connectivity index (χ0n) is 14.9. The number of guanidine groups is 1. The number of rotatable bonds is 6. The molecule has 0 spiro atoms. The minimum atomic E-state index is -0.0655. The van der Waals surface area contributed by atoms with Gasteiger partial charge in [0.15, 0.2) is 5.96 Å². The summed E-state index contributed by atoms with van der Waals surface area (Å²) in [5, 5.41) is 9.03. The van der Waals surface area contributed by atoms with Crippen molar-refractivity contribution < 1.29 is 9.21 Å². The van der Waals surface area contributed by atoms with Crippen molar-refractivity contribution in [1.29, 1.82) is 0 Å². The van der Waals surface area contributed by atoms with E-state index in [0.717, 1.165) is 21.6 Å². The first-order chi connectivity index (χ1) is 12.0. The summed E-state index contributed by atoms with van der Waals surface area (Å²) in [6, 6.07) is 7.45. The number of nitrogens with zero attached hydrogens (tertiary/aromatic N) is 2. The number of nitrogens with one attached hydrogen (secondary N) is 3. The summed E-state index contributed by atoms with van der Waals surface area (Å²) in [6.07, 6.45) is 0.327. The third kappa shape index (κ3) is 7.32. The Morgan fingerprint density at radius 2 is 1.92 bits per heavy atom. The van der Waals surface area contributed by atoms with Gasteiger partial charge >= 0.3 is 0 Å². The van der Waals surface area contributed by atoms with Gasteiger partial charge in [0, 0.05) is 30.2 Å². The van der Waals surface area contributed by atoms with Crippen molar-refractivity contribution in [3.05, 3.63) is 46.1 Å². The lowest BCUT2D eigenvalue weighted by atomic mass is 10.3. The van der Waals surface area contributed by atoms with Gasteiger partial charge in [0.1, 0.15) is 5.76 Å². The fraction of sp³-hybridized carbons (Fsp3) is 0.353. The van der Waals surface area contributed by atoms with E-state index in [-0.39, 0.29) is 29.9 Å². The van der Waals surface area contributed by atoms with Crippen LogP contribution < -0.4 is 16.0 Å². The second kappa shape index (κ2) is 11.2. The Morgan fingerprint density at radius 3 is 2.50 bits per heavy atom. The molecule has 0 atom stereocenters. The number of hydrogen-bond acceptors (Lipinski definition) is 4. The number of aliphatic imine (C=N–C) groups is 1. The topological polar surface area (TPSA) is 91.5 Å². The quantitative estimate of drug-likeness (QED) is 0.300. The van der Waals surface area contributed by atoms with Crippen molar-refractivity contribution >= 4 is 57.5 Å². The van der Waals surface area contributed by atoms with Crippen LogP contribution in [0.15, 0.2) is 38.1 Å². The summed E-state index contributed by atoms with van der Waals surface area (Å²) in [6.45, 7) is 4.67. The predicted molar refractivity (Wildman–Crippen MR) is 117 cm³/mol. The minimum Gasteiger partial charge on any atom is -0.444 e. The molecule has 1 heterocycles. The molecule has 26 heavy (non-hydrogen) atoms. The highest BCUT2D eigenvalue weighted by Gasteiger charge is 2.07. The lowest BCUT2D eigenvalue weighted by Crippen LogP contribution is -2.38. The van der Waals surface area contributed by atoms with E-state index in [9.17, 15) is 4.79 Å². The first kappa shape index (κ1) is 22.4. The largest absolute Gasteiger partial charge is 0.444 e. The SMILES string of the molecule is CN=C(NCCC(=O)Nc1ccc(Br)cc1)NCc1nc(C)c(C)o1.I. The predicted octanol–water partition coefficient (Wildman–Crippen LogP) is 3.37. The Morgan fingerprint density at radius 1 is 1.23 bits per heavy atom. The van der Waals surface area contributed by atoms with E-state index in [1.165, 1.54) is 0 Å². The Bertz CT molecular complexity index is 727. The number of anilines is 1. The number of aryl methyl sites for hydroxylation is 2. The van der Waals surface area contributed by atoms with Gasteiger partial charge in [-0.05, 0) is 38.1 Å². The van der Waals surface area contributed by atoms with E-state index in [0.29, 0.717) is 31.4 Å². The maximum absolute atomic E-state index is 11.9. The average molecular weight is 536 g/mol. The number of hydrogen-bond donors (Lipinski definition) is 3. The molecule has 142 valence electrons. The van der Waals surface area contributed by atoms with Crippen LogP contribution in [0.4, 0.5) is 5.69 Å². The molecule has 0 aliphatic rings. The van der Waals surface area contributed by atoms with Crippen LogP contribution in [0.3, 0.4) is 0 Å². The molecule has 0 bridgehead atoms. The van der Waals surface area contributed by atoms with Crippen molar-refractivity contribution in [3.8, 4) is 0 Å². The normalized spacial score (nSPS) is 10.8. The van der Waals surface area contributed by atoms with Gasteiger partial charge in [-0.25, -0.2) is 4.98 Å². The van der Waals surface area contributed by atoms with E-state index in [1.807, 2.05) is 38.1 Å². The van der Waals surface area contributed by atoms with Crippen molar-refractivity contribution in [2.45, 2.75) is 26.8 Å². The summed E-state index contributed by atoms with van der Waals surface area (Å²) in [5.41, 5.74) is 1.65. The number of aromatic nitrogens is 1. The molecule has 0 aliphatic heterocycles. The fourth-order valence-electron chi connectivity index (χ4n) is 2.05. The number of oxazole rings is 1. The second-order valence-corrected chi connectivity index (χ2v) is 6.32. The van der Waals surface area contributed by atoms with Gasteiger partial charge < -0.3 is 20.4 Å². The van der Waals surface area contributed by atoms with E-state index >= 15 is 0 Å². The van der Waals surface area contributed by atoms with Crippen molar-refractivity contribution in [2.75, 3.05) is 18.9 Å². The third-order valence-electron chi connectivity index (χ3n) is 3.48. The van der Waals surface area contributed by atoms with E-state index in [1.54, 1.807) is 7.05 Å². The number of benzene rings is 1. The maximum atomic E-state index is 11.9. The zero-order chi connectivity index (χ0) is 18.2. The summed E-state index contributed by atoms with van der Waals surface area (Å²) >= 11 is 3.36. The first-order valence-corrected chi connectivity index (χ1v) is 8.70. The van der Waals surface area contributed by atoms with Gasteiger partial charge in [-0.2, -0.15) is 0 Å². The van der Waals surface area contributed by atoms with Crippen LogP contribution in [0.25, 0.3) is 0 Å². The molecule has 1 aromatic carbocycles. The second-order valence-electron chi connectivity index (χ2n) is 5.41. The van der Waals surface area contributed by atoms with E-state index in [2.05, 4.69) is 41.9 Å². The van der Waals surface area contributed by atoms with Crippen molar-refractivity contribution in [3.63, 3.8) is 0 Å². The van der Waals surface area contributed by atoms with Gasteiger partial charge in [-0.3, -0.25) is 9.79 Å². The van der Waals surface area contributed by atoms with Gasteiger partial charge in [-0.15, -0.1) is 24.0 Å². The van der Waals surface area contributed by atoms with E-state index < -0.39 is 0 Å². The zero-order valence-corrected chi connectivity index (χ0v) is 18.8. The average Bonchev–Trinajstić information content (AvgIpc) is 2.91. The summed E-state index contributed by atoms with van der Waals surface area (Å²) < 4.78 is 6.47. The standard InChI is InChI=1S/C17H22BrN5O2.HI/c1-11-12(2)25-16(22-11)10-21-17(19-3)20-9-8-15(24)23-14-6-4-13(18)5-7-14;/h4-7H,8-10H2,1-3H3,(H,23,24)(H2,19,20,21);1H. The summed E-state index contributed by atoms with van der Waals surface area (Å²) in [5.74, 6) is 1.93. The lowest BCUT2D eigenvalue weighted by Gasteiger charge is -2.10. The van der Waals surface area contributed by atoms with Crippen LogP contribution >= 0.6 is 39.9 Å². The van der Waals surface area contributed by atoms with Gasteiger partial charge in [0.2, 0.25) is 11.8 Å². The highest BCUT2D eigenvalue weighted by atomic mass is 127. The summed E-state index contributed by atoms with van der Waals surface area (Å²) in [7, 11) is 1.67. The Kier molecular flexibility index (Phi) is 9.63. The van der Waals surface area contributed by atoms with Crippen LogP contribution in [-0.2, 0) is 11.3 Å². The highest BCUT2D eigenvalue weighted by molar-refractivity contribution is 14.0. The van der Waals surface area contributed by atoms with Crippen LogP contribution in [0.1, 0.15) is 23.8 Å². The molecule has 0 unspecified atom stereocenters. The Labute approximate surface area is 178 Å². The molecule has 7 nitrogen and oxygen atoms in total. The molecule has 0 saturated heterocycles. The highest BCUT2D eigenvalue weighted by Crippen LogP contribution is 2.14. The summed E-state index contributed by atoms with van der Waals surface area (Å²) in [4.78, 5) is 20.3. The van der Waals surface area contributed by atoms with E-state index in [4.69, 9.17) is 4.42 Å². The number of carbonyl (C=O) groups excluding carboxylic acids is 1. The van der Waals surface area contributed by atoms with Crippen molar-refractivity contribution in [2.24, 2.45) is 4.99 Å². The molecule has 0 aliphatic carbocycles. The van der Waals surface area contributed by atoms with Crippen molar-refractivity contribution in [1.82, 2.24) is 15.6 Å². The fourth-order valence-corrected chi connectivity index (χ4v) is 2.31. The molecule has 2 aromatic rings. The van der Waals surface area contributed by atoms with Gasteiger partial charge in [-0.1, -0.05) is 15.9 Å². The molecule has 0 saturated carbocycles. The number of amides is 1. The van der Waals surface area contributed by atoms with Crippen LogP contribution in [0, 0.1) is 13.8 Å². The molecule has 2 rings (SSSR count). The molecule has 0 radical (unpaired) electrons. The molecule has 1 amide bonds. The Hall–Kier alpha value is -1.62. The lowest BCUT2D eigenvalue weighted by molar-refractivity contribution is -0.116. The van der Waals surface area contributed by atoms with Gasteiger partial charge in [0.25, 0.3) is 0 Å². The Balaban J connectivity index is 0.00000338.